The number of aliphatic carboxylic acids is 1. The van der Waals surface area contributed by atoms with Gasteiger partial charge in [-0.25, -0.2) is 4.79 Å². The van der Waals surface area contributed by atoms with E-state index in [1.807, 2.05) is 0 Å². The first-order chi connectivity index (χ1) is 6.29. The lowest BCUT2D eigenvalue weighted by Gasteiger charge is -2.20. The van der Waals surface area contributed by atoms with Crippen LogP contribution in [0.2, 0.25) is 0 Å². The largest absolute Gasteiger partial charge is 0.480 e. The number of carbonyl (C=O) groups is 2. The van der Waals surface area contributed by atoms with Crippen molar-refractivity contribution in [3.8, 4) is 0 Å². The molecule has 0 aromatic heterocycles. The van der Waals surface area contributed by atoms with Crippen LogP contribution >= 0.6 is 25.3 Å². The van der Waals surface area contributed by atoms with Crippen molar-refractivity contribution in [3.05, 3.63) is 0 Å². The summed E-state index contributed by atoms with van der Waals surface area (Å²) in [4.78, 5) is 22.1. The van der Waals surface area contributed by atoms with Crippen LogP contribution in [0.25, 0.3) is 0 Å². The number of hydrogen-bond donors (Lipinski definition) is 4. The lowest BCUT2D eigenvalue weighted by atomic mass is 10.1. The third-order valence-corrected chi connectivity index (χ3v) is 2.04. The summed E-state index contributed by atoms with van der Waals surface area (Å²) in [5.41, 5.74) is 0. The fourth-order valence-electron chi connectivity index (χ4n) is 0.721. The van der Waals surface area contributed by atoms with Gasteiger partial charge in [-0.2, -0.15) is 25.3 Å². The fourth-order valence-corrected chi connectivity index (χ4v) is 1.04. The maximum Gasteiger partial charge on any atom is 0.326 e. The lowest BCUT2D eigenvalue weighted by Crippen LogP contribution is -2.47. The van der Waals surface area contributed by atoms with Gasteiger partial charge in [0.1, 0.15) is 6.04 Å². The molecule has 0 saturated heterocycles. The minimum absolute atomic E-state index is 0.300. The fraction of sp³-hybridized carbons (Fsp3) is 0.750. The van der Waals surface area contributed by atoms with E-state index in [-0.39, 0.29) is 0 Å². The molecule has 0 fully saturated rings. The van der Waals surface area contributed by atoms with Crippen LogP contribution in [0.4, 0.5) is 0 Å². The minimum atomic E-state index is -1.05. The van der Waals surface area contributed by atoms with Gasteiger partial charge in [-0.05, 0) is 26.0 Å². The first kappa shape index (κ1) is 13.6. The van der Waals surface area contributed by atoms with Crippen LogP contribution in [0.3, 0.4) is 0 Å². The molecular weight excluding hydrogens is 222 g/mol. The van der Waals surface area contributed by atoms with Crippen LogP contribution < -0.4 is 5.32 Å². The SMILES string of the molecule is CC(C)(S)C(=O)N[C@H](CCS)C(=O)O. The number of hydrogen-bond acceptors (Lipinski definition) is 4. The summed E-state index contributed by atoms with van der Waals surface area (Å²) in [5, 5.41) is 11.1. The molecule has 0 aromatic rings. The Hall–Kier alpha value is -0.360. The molecule has 0 rings (SSSR count). The Morgan fingerprint density at radius 1 is 1.50 bits per heavy atom. The Morgan fingerprint density at radius 3 is 2.29 bits per heavy atom. The first-order valence-corrected chi connectivity index (χ1v) is 5.24. The number of amides is 1. The topological polar surface area (TPSA) is 66.4 Å². The lowest BCUT2D eigenvalue weighted by molar-refractivity contribution is -0.142. The van der Waals surface area contributed by atoms with Gasteiger partial charge in [0.05, 0.1) is 4.75 Å². The van der Waals surface area contributed by atoms with Crippen molar-refractivity contribution in [1.29, 1.82) is 0 Å². The number of nitrogens with one attached hydrogen (secondary N) is 1. The smallest absolute Gasteiger partial charge is 0.326 e. The summed E-state index contributed by atoms with van der Waals surface area (Å²) in [6, 6.07) is -0.883. The molecule has 0 bridgehead atoms. The summed E-state index contributed by atoms with van der Waals surface area (Å²) >= 11 is 7.95. The van der Waals surface area contributed by atoms with Gasteiger partial charge in [0.2, 0.25) is 5.91 Å². The van der Waals surface area contributed by atoms with Crippen molar-refractivity contribution < 1.29 is 14.7 Å². The maximum absolute atomic E-state index is 11.4. The molecular formula is C8H15NO3S2. The van der Waals surface area contributed by atoms with Crippen LogP contribution in [-0.4, -0.2) is 33.5 Å². The van der Waals surface area contributed by atoms with Gasteiger partial charge in [0.25, 0.3) is 0 Å². The molecule has 1 atom stereocenters. The summed E-state index contributed by atoms with van der Waals surface area (Å²) in [6.07, 6.45) is 0.300. The van der Waals surface area contributed by atoms with Crippen molar-refractivity contribution in [3.63, 3.8) is 0 Å². The molecule has 4 nitrogen and oxygen atoms in total. The van der Waals surface area contributed by atoms with E-state index in [0.717, 1.165) is 0 Å². The maximum atomic E-state index is 11.4. The summed E-state index contributed by atoms with van der Waals surface area (Å²) < 4.78 is -0.871. The average Bonchev–Trinajstić information content (AvgIpc) is 2.01. The highest BCUT2D eigenvalue weighted by Crippen LogP contribution is 2.12. The second kappa shape index (κ2) is 5.50. The highest BCUT2D eigenvalue weighted by Gasteiger charge is 2.27. The predicted octanol–water partition coefficient (Wildman–Crippen LogP) is 0.584. The van der Waals surface area contributed by atoms with Gasteiger partial charge in [0.15, 0.2) is 0 Å². The highest BCUT2D eigenvalue weighted by molar-refractivity contribution is 7.82. The third-order valence-electron chi connectivity index (χ3n) is 1.58. The second-order valence-electron chi connectivity index (χ2n) is 3.44. The first-order valence-electron chi connectivity index (χ1n) is 4.16. The zero-order valence-electron chi connectivity index (χ0n) is 8.15. The van der Waals surface area contributed by atoms with Crippen molar-refractivity contribution in [1.82, 2.24) is 5.32 Å². The Labute approximate surface area is 94.3 Å². The van der Waals surface area contributed by atoms with E-state index < -0.39 is 22.7 Å². The van der Waals surface area contributed by atoms with E-state index in [1.165, 1.54) is 0 Å². The highest BCUT2D eigenvalue weighted by atomic mass is 32.1. The van der Waals surface area contributed by atoms with E-state index in [9.17, 15) is 9.59 Å². The molecule has 1 amide bonds. The molecule has 0 aromatic carbocycles. The minimum Gasteiger partial charge on any atom is -0.480 e. The Bertz CT molecular complexity index is 225. The van der Waals surface area contributed by atoms with Crippen LogP contribution in [0, 0.1) is 0 Å². The molecule has 6 heteroatoms. The number of carboxylic acid groups (broad SMARTS) is 1. The third kappa shape index (κ3) is 4.76. The molecule has 0 saturated carbocycles. The van der Waals surface area contributed by atoms with Crippen LogP contribution in [0.15, 0.2) is 0 Å². The molecule has 0 radical (unpaired) electrons. The van der Waals surface area contributed by atoms with Crippen LogP contribution in [-0.2, 0) is 9.59 Å². The Morgan fingerprint density at radius 2 is 2.00 bits per heavy atom. The predicted molar refractivity (Wildman–Crippen MR) is 61.1 cm³/mol. The zero-order chi connectivity index (χ0) is 11.4. The zero-order valence-corrected chi connectivity index (χ0v) is 9.94. The van der Waals surface area contributed by atoms with Crippen molar-refractivity contribution in [2.75, 3.05) is 5.75 Å². The molecule has 2 N–H and O–H groups in total. The molecule has 0 aliphatic rings. The molecule has 0 unspecified atom stereocenters. The normalized spacial score (nSPS) is 13.4. The molecule has 0 aliphatic heterocycles. The monoisotopic (exact) mass is 237 g/mol. The van der Waals surface area contributed by atoms with Gasteiger partial charge in [0, 0.05) is 0 Å². The number of carboxylic acids is 1. The standard InChI is InChI=1S/C8H15NO3S2/c1-8(2,14)7(12)9-5(3-4-13)6(10)11/h5,13-14H,3-4H2,1-2H3,(H,9,12)(H,10,11)/t5-/m1/s1. The van der Waals surface area contributed by atoms with Gasteiger partial charge < -0.3 is 10.4 Å². The van der Waals surface area contributed by atoms with E-state index in [2.05, 4.69) is 30.6 Å². The molecule has 0 heterocycles. The van der Waals surface area contributed by atoms with Gasteiger partial charge in [-0.15, -0.1) is 0 Å². The quantitative estimate of drug-likeness (QED) is 0.529. The molecule has 0 aliphatic carbocycles. The molecule has 0 spiro atoms. The van der Waals surface area contributed by atoms with E-state index >= 15 is 0 Å². The van der Waals surface area contributed by atoms with Crippen molar-refractivity contribution >= 4 is 37.1 Å². The van der Waals surface area contributed by atoms with E-state index in [0.29, 0.717) is 12.2 Å². The average molecular weight is 237 g/mol. The molecule has 14 heavy (non-hydrogen) atoms. The number of carbonyl (C=O) groups excluding carboxylic acids is 1. The Kier molecular flexibility index (Phi) is 5.36. The second-order valence-corrected chi connectivity index (χ2v) is 5.00. The molecule has 82 valence electrons. The van der Waals surface area contributed by atoms with Gasteiger partial charge >= 0.3 is 5.97 Å². The van der Waals surface area contributed by atoms with Crippen LogP contribution in [0.5, 0.6) is 0 Å². The van der Waals surface area contributed by atoms with Gasteiger partial charge in [-0.1, -0.05) is 0 Å². The summed E-state index contributed by atoms with van der Waals surface area (Å²) in [5.74, 6) is -1.04. The van der Waals surface area contributed by atoms with E-state index in [1.54, 1.807) is 13.8 Å². The van der Waals surface area contributed by atoms with Crippen molar-refractivity contribution in [2.24, 2.45) is 0 Å². The number of thiol groups is 2. The summed E-state index contributed by atoms with van der Waals surface area (Å²) in [6.45, 7) is 3.20. The van der Waals surface area contributed by atoms with Crippen LogP contribution in [0.1, 0.15) is 20.3 Å². The number of rotatable bonds is 5. The Balaban J connectivity index is 4.31. The van der Waals surface area contributed by atoms with Crippen molar-refractivity contribution in [2.45, 2.75) is 31.1 Å². The van der Waals surface area contributed by atoms with E-state index in [4.69, 9.17) is 5.11 Å². The summed E-state index contributed by atoms with van der Waals surface area (Å²) in [7, 11) is 0. The van der Waals surface area contributed by atoms with Gasteiger partial charge in [-0.3, -0.25) is 4.79 Å².